The molecule has 0 aliphatic carbocycles. The van der Waals surface area contributed by atoms with Crippen LogP contribution >= 0.6 is 0 Å². The molecule has 0 radical (unpaired) electrons. The summed E-state index contributed by atoms with van der Waals surface area (Å²) >= 11 is 0. The Labute approximate surface area is 82.6 Å². The highest BCUT2D eigenvalue weighted by Crippen LogP contribution is 2.25. The van der Waals surface area contributed by atoms with Crippen molar-refractivity contribution in [2.45, 2.75) is 31.5 Å². The third kappa shape index (κ3) is 2.89. The molecule has 0 saturated carbocycles. The maximum Gasteiger partial charge on any atom is 0.139 e. The first-order valence-electron chi connectivity index (χ1n) is 4.99. The van der Waals surface area contributed by atoms with Gasteiger partial charge in [0, 0.05) is 18.8 Å². The van der Waals surface area contributed by atoms with Gasteiger partial charge in [-0.2, -0.15) is 0 Å². The van der Waals surface area contributed by atoms with E-state index in [0.29, 0.717) is 25.9 Å². The molecule has 4 heteroatoms. The van der Waals surface area contributed by atoms with Crippen molar-refractivity contribution in [1.82, 2.24) is 0 Å². The van der Waals surface area contributed by atoms with Crippen molar-refractivity contribution in [2.75, 3.05) is 13.2 Å². The lowest BCUT2D eigenvalue weighted by molar-refractivity contribution is -0.125. The molecule has 0 bridgehead atoms. The fraction of sp³-hybridized carbons (Fsp3) is 0.800. The van der Waals surface area contributed by atoms with E-state index in [-0.39, 0.29) is 23.9 Å². The van der Waals surface area contributed by atoms with Gasteiger partial charge in [-0.3, -0.25) is 4.79 Å². The SMILES string of the molecule is O=CCC(CC1CO1)C(=O)CC1CO1. The average Bonchev–Trinajstić information content (AvgIpc) is 2.97. The van der Waals surface area contributed by atoms with Crippen molar-refractivity contribution in [3.8, 4) is 0 Å². The van der Waals surface area contributed by atoms with Gasteiger partial charge >= 0.3 is 0 Å². The maximum atomic E-state index is 11.7. The standard InChI is InChI=1S/C10H14O4/c11-2-1-7(3-8-5-13-8)10(12)4-9-6-14-9/h2,7-9H,1,3-6H2. The summed E-state index contributed by atoms with van der Waals surface area (Å²) in [5.41, 5.74) is 0. The Kier molecular flexibility index (Phi) is 2.93. The molecule has 0 aromatic heterocycles. The number of carbonyl (C=O) groups is 2. The number of hydrogen-bond donors (Lipinski definition) is 0. The number of aldehydes is 1. The van der Waals surface area contributed by atoms with E-state index in [4.69, 9.17) is 9.47 Å². The van der Waals surface area contributed by atoms with Crippen LogP contribution in [0, 0.1) is 5.92 Å². The van der Waals surface area contributed by atoms with Crippen LogP contribution in [-0.4, -0.2) is 37.5 Å². The number of Topliss-reactive ketones (excluding diaryl/α,β-unsaturated/α-hetero) is 1. The van der Waals surface area contributed by atoms with E-state index in [9.17, 15) is 9.59 Å². The number of carbonyl (C=O) groups excluding carboxylic acids is 2. The van der Waals surface area contributed by atoms with Gasteiger partial charge < -0.3 is 14.3 Å². The van der Waals surface area contributed by atoms with Gasteiger partial charge in [-0.15, -0.1) is 0 Å². The van der Waals surface area contributed by atoms with Crippen molar-refractivity contribution in [2.24, 2.45) is 5.92 Å². The molecule has 14 heavy (non-hydrogen) atoms. The third-order valence-electron chi connectivity index (χ3n) is 2.62. The lowest BCUT2D eigenvalue weighted by Gasteiger charge is -2.10. The summed E-state index contributed by atoms with van der Waals surface area (Å²) in [5, 5.41) is 0. The summed E-state index contributed by atoms with van der Waals surface area (Å²) in [4.78, 5) is 22.1. The number of ether oxygens (including phenoxy) is 2. The highest BCUT2D eigenvalue weighted by Gasteiger charge is 2.33. The molecular weight excluding hydrogens is 184 g/mol. The Morgan fingerprint density at radius 3 is 2.50 bits per heavy atom. The first-order valence-corrected chi connectivity index (χ1v) is 4.99. The fourth-order valence-corrected chi connectivity index (χ4v) is 1.57. The summed E-state index contributed by atoms with van der Waals surface area (Å²) < 4.78 is 10.0. The van der Waals surface area contributed by atoms with Gasteiger partial charge in [-0.25, -0.2) is 0 Å². The van der Waals surface area contributed by atoms with E-state index < -0.39 is 0 Å². The molecule has 2 fully saturated rings. The van der Waals surface area contributed by atoms with Crippen LogP contribution in [-0.2, 0) is 19.1 Å². The number of rotatable bonds is 7. The Bertz CT molecular complexity index is 230. The van der Waals surface area contributed by atoms with Crippen LogP contribution in [0.4, 0.5) is 0 Å². The smallest absolute Gasteiger partial charge is 0.139 e. The molecule has 2 saturated heterocycles. The molecule has 0 N–H and O–H groups in total. The van der Waals surface area contributed by atoms with Crippen LogP contribution in [0.5, 0.6) is 0 Å². The minimum Gasteiger partial charge on any atom is -0.373 e. The molecule has 3 unspecified atom stereocenters. The maximum absolute atomic E-state index is 11.7. The second-order valence-electron chi connectivity index (χ2n) is 3.92. The van der Waals surface area contributed by atoms with E-state index in [0.717, 1.165) is 12.9 Å². The molecule has 0 amide bonds. The molecular formula is C10H14O4. The molecule has 2 aliphatic heterocycles. The second kappa shape index (κ2) is 4.19. The first kappa shape index (κ1) is 9.80. The van der Waals surface area contributed by atoms with Gasteiger partial charge in [-0.1, -0.05) is 0 Å². The summed E-state index contributed by atoms with van der Waals surface area (Å²) in [6.45, 7) is 1.43. The molecule has 3 atom stereocenters. The quantitative estimate of drug-likeness (QED) is 0.437. The Balaban J connectivity index is 1.79. The van der Waals surface area contributed by atoms with Gasteiger partial charge in [0.15, 0.2) is 0 Å². The lowest BCUT2D eigenvalue weighted by atomic mass is 9.93. The Morgan fingerprint density at radius 2 is 2.00 bits per heavy atom. The van der Waals surface area contributed by atoms with Crippen LogP contribution in [0.3, 0.4) is 0 Å². The fourth-order valence-electron chi connectivity index (χ4n) is 1.57. The van der Waals surface area contributed by atoms with Crippen molar-refractivity contribution < 1.29 is 19.1 Å². The van der Waals surface area contributed by atoms with E-state index in [1.807, 2.05) is 0 Å². The summed E-state index contributed by atoms with van der Waals surface area (Å²) in [6, 6.07) is 0. The number of ketones is 1. The van der Waals surface area contributed by atoms with Gasteiger partial charge in [0.1, 0.15) is 12.1 Å². The van der Waals surface area contributed by atoms with Crippen molar-refractivity contribution in [3.05, 3.63) is 0 Å². The van der Waals surface area contributed by atoms with E-state index in [1.165, 1.54) is 0 Å². The lowest BCUT2D eigenvalue weighted by Crippen LogP contribution is -2.19. The summed E-state index contributed by atoms with van der Waals surface area (Å²) in [6.07, 6.45) is 2.64. The summed E-state index contributed by atoms with van der Waals surface area (Å²) in [7, 11) is 0. The largest absolute Gasteiger partial charge is 0.373 e. The molecule has 2 heterocycles. The number of hydrogen-bond acceptors (Lipinski definition) is 4. The molecule has 2 rings (SSSR count). The molecule has 4 nitrogen and oxygen atoms in total. The highest BCUT2D eigenvalue weighted by atomic mass is 16.6. The Morgan fingerprint density at radius 1 is 1.36 bits per heavy atom. The number of epoxide rings is 2. The molecule has 0 aromatic carbocycles. The van der Waals surface area contributed by atoms with Crippen molar-refractivity contribution in [1.29, 1.82) is 0 Å². The molecule has 0 spiro atoms. The van der Waals surface area contributed by atoms with Crippen molar-refractivity contribution in [3.63, 3.8) is 0 Å². The molecule has 0 aromatic rings. The molecule has 2 aliphatic rings. The van der Waals surface area contributed by atoms with Gasteiger partial charge in [0.2, 0.25) is 0 Å². The molecule has 78 valence electrons. The average molecular weight is 198 g/mol. The predicted octanol–water partition coefficient (Wildman–Crippen LogP) is 0.339. The van der Waals surface area contributed by atoms with Crippen LogP contribution in [0.25, 0.3) is 0 Å². The van der Waals surface area contributed by atoms with Gasteiger partial charge in [-0.05, 0) is 6.42 Å². The Hall–Kier alpha value is -0.740. The zero-order valence-electron chi connectivity index (χ0n) is 7.98. The van der Waals surface area contributed by atoms with E-state index in [1.54, 1.807) is 0 Å². The minimum atomic E-state index is -0.149. The van der Waals surface area contributed by atoms with Crippen LogP contribution < -0.4 is 0 Å². The summed E-state index contributed by atoms with van der Waals surface area (Å²) in [5.74, 6) is -0.000648. The van der Waals surface area contributed by atoms with Crippen molar-refractivity contribution >= 4 is 12.1 Å². The highest BCUT2D eigenvalue weighted by molar-refractivity contribution is 5.83. The minimum absolute atomic E-state index is 0.122. The predicted molar refractivity (Wildman–Crippen MR) is 47.9 cm³/mol. The first-order chi connectivity index (χ1) is 6.79. The van der Waals surface area contributed by atoms with E-state index in [2.05, 4.69) is 0 Å². The second-order valence-corrected chi connectivity index (χ2v) is 3.92. The van der Waals surface area contributed by atoms with Gasteiger partial charge in [0.25, 0.3) is 0 Å². The zero-order chi connectivity index (χ0) is 9.97. The van der Waals surface area contributed by atoms with Crippen LogP contribution in [0.15, 0.2) is 0 Å². The van der Waals surface area contributed by atoms with Crippen LogP contribution in [0.1, 0.15) is 19.3 Å². The third-order valence-corrected chi connectivity index (χ3v) is 2.62. The normalized spacial score (nSPS) is 30.9. The van der Waals surface area contributed by atoms with Crippen LogP contribution in [0.2, 0.25) is 0 Å². The monoisotopic (exact) mass is 198 g/mol. The van der Waals surface area contributed by atoms with Gasteiger partial charge in [0.05, 0.1) is 25.4 Å². The van der Waals surface area contributed by atoms with E-state index >= 15 is 0 Å². The topological polar surface area (TPSA) is 59.2 Å². The zero-order valence-corrected chi connectivity index (χ0v) is 7.98.